The van der Waals surface area contributed by atoms with Crippen molar-refractivity contribution in [2.24, 2.45) is 5.84 Å². The molecule has 0 spiro atoms. The van der Waals surface area contributed by atoms with Gasteiger partial charge in [-0.2, -0.15) is 0 Å². The van der Waals surface area contributed by atoms with Crippen LogP contribution in [-0.2, 0) is 0 Å². The maximum Gasteiger partial charge on any atom is 0.185 e. The highest BCUT2D eigenvalue weighted by molar-refractivity contribution is 7.80. The molecule has 0 bridgehead atoms. The third-order valence-electron chi connectivity index (χ3n) is 2.01. The zero-order valence-electron chi connectivity index (χ0n) is 9.32. The van der Waals surface area contributed by atoms with Crippen molar-refractivity contribution in [3.8, 4) is 5.75 Å². The van der Waals surface area contributed by atoms with Crippen LogP contribution in [0.3, 0.4) is 0 Å². The summed E-state index contributed by atoms with van der Waals surface area (Å²) in [4.78, 5) is 0. The lowest BCUT2D eigenvalue weighted by Crippen LogP contribution is -2.34. The fourth-order valence-electron chi connectivity index (χ4n) is 1.14. The fraction of sp³-hybridized carbons (Fsp3) is 0.364. The number of ether oxygens (including phenoxy) is 1. The summed E-state index contributed by atoms with van der Waals surface area (Å²) in [6.07, 6.45) is 2.21. The van der Waals surface area contributed by atoms with E-state index in [9.17, 15) is 0 Å². The molecule has 16 heavy (non-hydrogen) atoms. The molecule has 0 aromatic heterocycles. The van der Waals surface area contributed by atoms with Gasteiger partial charge in [-0.05, 0) is 42.9 Å². The van der Waals surface area contributed by atoms with Crippen molar-refractivity contribution >= 4 is 23.0 Å². The molecule has 0 aliphatic carbocycles. The van der Waals surface area contributed by atoms with Gasteiger partial charge in [0.05, 0.1) is 6.61 Å². The van der Waals surface area contributed by atoms with Crippen molar-refractivity contribution in [3.05, 3.63) is 24.3 Å². The van der Waals surface area contributed by atoms with Crippen LogP contribution < -0.4 is 21.3 Å². The monoisotopic (exact) mass is 239 g/mol. The zero-order valence-corrected chi connectivity index (χ0v) is 10.1. The average Bonchev–Trinajstić information content (AvgIpc) is 2.31. The number of nitrogens with one attached hydrogen (secondary N) is 2. The van der Waals surface area contributed by atoms with Crippen LogP contribution in [0.2, 0.25) is 0 Å². The van der Waals surface area contributed by atoms with E-state index in [4.69, 9.17) is 22.8 Å². The van der Waals surface area contributed by atoms with Gasteiger partial charge in [0.25, 0.3) is 0 Å². The van der Waals surface area contributed by atoms with Gasteiger partial charge in [0.1, 0.15) is 5.75 Å². The van der Waals surface area contributed by atoms with E-state index in [0.717, 1.165) is 30.9 Å². The van der Waals surface area contributed by atoms with E-state index in [0.29, 0.717) is 5.11 Å². The van der Waals surface area contributed by atoms with Crippen molar-refractivity contribution in [3.63, 3.8) is 0 Å². The summed E-state index contributed by atoms with van der Waals surface area (Å²) in [6, 6.07) is 7.59. The lowest BCUT2D eigenvalue weighted by atomic mass is 10.3. The number of anilines is 1. The quantitative estimate of drug-likeness (QED) is 0.318. The van der Waals surface area contributed by atoms with Crippen LogP contribution in [0.25, 0.3) is 0 Å². The number of hydrogen-bond acceptors (Lipinski definition) is 3. The second kappa shape index (κ2) is 7.03. The Kier molecular flexibility index (Phi) is 5.60. The topological polar surface area (TPSA) is 59.3 Å². The molecule has 0 amide bonds. The summed E-state index contributed by atoms with van der Waals surface area (Å²) < 4.78 is 5.53. The predicted octanol–water partition coefficient (Wildman–Crippen LogP) is 2.03. The first-order valence-electron chi connectivity index (χ1n) is 5.26. The van der Waals surface area contributed by atoms with Crippen LogP contribution in [0.4, 0.5) is 5.69 Å². The standard InChI is InChI=1S/C11H17N3OS/c1-2-3-8-15-10-6-4-9(5-7-10)13-11(16)14-12/h4-7H,2-3,8,12H2,1H3,(H2,13,14,16). The molecule has 0 aliphatic rings. The highest BCUT2D eigenvalue weighted by atomic mass is 32.1. The second-order valence-corrected chi connectivity index (χ2v) is 3.73. The summed E-state index contributed by atoms with van der Waals surface area (Å²) in [5.41, 5.74) is 3.24. The van der Waals surface area contributed by atoms with Crippen LogP contribution in [0.15, 0.2) is 24.3 Å². The van der Waals surface area contributed by atoms with E-state index < -0.39 is 0 Å². The van der Waals surface area contributed by atoms with Crippen molar-refractivity contribution in [1.29, 1.82) is 0 Å². The van der Waals surface area contributed by atoms with E-state index >= 15 is 0 Å². The SMILES string of the molecule is CCCCOc1ccc(NC(=S)NN)cc1. The average molecular weight is 239 g/mol. The molecular weight excluding hydrogens is 222 g/mol. The van der Waals surface area contributed by atoms with E-state index in [-0.39, 0.29) is 0 Å². The van der Waals surface area contributed by atoms with Gasteiger partial charge in [0, 0.05) is 5.69 Å². The van der Waals surface area contributed by atoms with E-state index in [2.05, 4.69) is 17.7 Å². The fourth-order valence-corrected chi connectivity index (χ4v) is 1.25. The molecule has 0 atom stereocenters. The van der Waals surface area contributed by atoms with E-state index in [1.807, 2.05) is 24.3 Å². The van der Waals surface area contributed by atoms with Gasteiger partial charge in [-0.1, -0.05) is 13.3 Å². The summed E-state index contributed by atoms with van der Waals surface area (Å²) in [5, 5.41) is 3.31. The number of hydrogen-bond donors (Lipinski definition) is 3. The third kappa shape index (κ3) is 4.46. The lowest BCUT2D eigenvalue weighted by Gasteiger charge is -2.08. The molecule has 0 saturated heterocycles. The van der Waals surface area contributed by atoms with Crippen molar-refractivity contribution in [1.82, 2.24) is 5.43 Å². The minimum absolute atomic E-state index is 0.389. The summed E-state index contributed by atoms with van der Waals surface area (Å²) in [6.45, 7) is 2.89. The second-order valence-electron chi connectivity index (χ2n) is 3.32. The van der Waals surface area contributed by atoms with Gasteiger partial charge in [0.2, 0.25) is 0 Å². The molecule has 1 aromatic carbocycles. The summed E-state index contributed by atoms with van der Waals surface area (Å²) in [5.74, 6) is 6.02. The van der Waals surface area contributed by atoms with Gasteiger partial charge in [0.15, 0.2) is 5.11 Å². The highest BCUT2D eigenvalue weighted by Gasteiger charge is 1.96. The molecule has 1 aromatic rings. The van der Waals surface area contributed by atoms with E-state index in [1.54, 1.807) is 0 Å². The van der Waals surface area contributed by atoms with Gasteiger partial charge in [-0.15, -0.1) is 0 Å². The molecule has 1 rings (SSSR count). The molecular formula is C11H17N3OS. The molecule has 4 N–H and O–H groups in total. The molecule has 88 valence electrons. The Labute approximate surface area is 101 Å². The number of benzene rings is 1. The van der Waals surface area contributed by atoms with E-state index in [1.165, 1.54) is 0 Å². The molecule has 0 heterocycles. The van der Waals surface area contributed by atoms with Crippen LogP contribution in [0.1, 0.15) is 19.8 Å². The Morgan fingerprint density at radius 1 is 1.38 bits per heavy atom. The summed E-state index contributed by atoms with van der Waals surface area (Å²) >= 11 is 4.88. The zero-order chi connectivity index (χ0) is 11.8. The first-order valence-corrected chi connectivity index (χ1v) is 5.67. The molecule has 5 heteroatoms. The highest BCUT2D eigenvalue weighted by Crippen LogP contribution is 2.15. The molecule has 0 radical (unpaired) electrons. The van der Waals surface area contributed by atoms with Gasteiger partial charge in [-0.3, -0.25) is 0 Å². The molecule has 4 nitrogen and oxygen atoms in total. The minimum Gasteiger partial charge on any atom is -0.494 e. The van der Waals surface area contributed by atoms with Crippen molar-refractivity contribution in [2.45, 2.75) is 19.8 Å². The van der Waals surface area contributed by atoms with Crippen LogP contribution in [0.5, 0.6) is 5.75 Å². The largest absolute Gasteiger partial charge is 0.494 e. The smallest absolute Gasteiger partial charge is 0.185 e. The van der Waals surface area contributed by atoms with Crippen molar-refractivity contribution < 1.29 is 4.74 Å². The molecule has 0 aliphatic heterocycles. The maximum absolute atomic E-state index is 5.53. The van der Waals surface area contributed by atoms with Gasteiger partial charge in [-0.25, -0.2) is 5.84 Å². The number of thiocarbonyl (C=S) groups is 1. The molecule has 0 fully saturated rings. The van der Waals surface area contributed by atoms with Gasteiger partial charge >= 0.3 is 0 Å². The molecule has 0 unspecified atom stereocenters. The lowest BCUT2D eigenvalue weighted by molar-refractivity contribution is 0.309. The van der Waals surface area contributed by atoms with Crippen molar-refractivity contribution in [2.75, 3.05) is 11.9 Å². The first kappa shape index (κ1) is 12.7. The van der Waals surface area contributed by atoms with Crippen LogP contribution in [0, 0.1) is 0 Å². The number of unbranched alkanes of at least 4 members (excludes halogenated alkanes) is 1. The Morgan fingerprint density at radius 2 is 2.06 bits per heavy atom. The Balaban J connectivity index is 2.44. The maximum atomic E-state index is 5.53. The Bertz CT molecular complexity index is 327. The Hall–Kier alpha value is -1.33. The predicted molar refractivity (Wildman–Crippen MR) is 70.4 cm³/mol. The van der Waals surface area contributed by atoms with Crippen LogP contribution in [-0.4, -0.2) is 11.7 Å². The normalized spacial score (nSPS) is 9.62. The number of rotatable bonds is 5. The Morgan fingerprint density at radius 3 is 2.62 bits per heavy atom. The van der Waals surface area contributed by atoms with Crippen LogP contribution >= 0.6 is 12.2 Å². The summed E-state index contributed by atoms with van der Waals surface area (Å²) in [7, 11) is 0. The number of hydrazine groups is 1. The first-order chi connectivity index (χ1) is 7.76. The minimum atomic E-state index is 0.389. The molecule has 0 saturated carbocycles. The number of nitrogens with two attached hydrogens (primary N) is 1. The van der Waals surface area contributed by atoms with Gasteiger partial charge < -0.3 is 15.5 Å². The third-order valence-corrected chi connectivity index (χ3v) is 2.23.